The fraction of sp³-hybridized carbons (Fsp3) is 0.412. The number of anilines is 1. The standard InChI is InChI=1S/C17H21NO3/c1-10-8-15(19)21-14-9-12(6-7-13(10)14)18-16(20)11(2)17(3,4)5/h6-9,11H,1-5H3,(H,18,20). The first-order chi connectivity index (χ1) is 9.68. The van der Waals surface area contributed by atoms with Crippen LogP contribution in [-0.2, 0) is 4.79 Å². The summed E-state index contributed by atoms with van der Waals surface area (Å²) in [5, 5.41) is 3.75. The highest BCUT2D eigenvalue weighted by Gasteiger charge is 2.26. The van der Waals surface area contributed by atoms with Gasteiger partial charge in [0.2, 0.25) is 5.91 Å². The second kappa shape index (κ2) is 5.35. The van der Waals surface area contributed by atoms with E-state index in [1.165, 1.54) is 6.07 Å². The van der Waals surface area contributed by atoms with E-state index in [1.54, 1.807) is 6.07 Å². The molecule has 0 aliphatic heterocycles. The van der Waals surface area contributed by atoms with Gasteiger partial charge in [0.15, 0.2) is 0 Å². The summed E-state index contributed by atoms with van der Waals surface area (Å²) in [6.07, 6.45) is 0. The first-order valence-corrected chi connectivity index (χ1v) is 7.04. The zero-order valence-electron chi connectivity index (χ0n) is 13.1. The molecule has 2 rings (SSSR count). The van der Waals surface area contributed by atoms with Crippen molar-refractivity contribution in [3.05, 3.63) is 40.2 Å². The van der Waals surface area contributed by atoms with Crippen LogP contribution < -0.4 is 10.9 Å². The molecule has 1 amide bonds. The van der Waals surface area contributed by atoms with Gasteiger partial charge in [0.05, 0.1) is 0 Å². The van der Waals surface area contributed by atoms with E-state index >= 15 is 0 Å². The zero-order valence-corrected chi connectivity index (χ0v) is 13.1. The van der Waals surface area contributed by atoms with Crippen molar-refractivity contribution in [2.24, 2.45) is 11.3 Å². The Bertz CT molecular complexity index is 738. The Balaban J connectivity index is 2.32. The number of rotatable bonds is 2. The third kappa shape index (κ3) is 3.32. The van der Waals surface area contributed by atoms with Crippen molar-refractivity contribution in [3.8, 4) is 0 Å². The number of nitrogens with one attached hydrogen (secondary N) is 1. The van der Waals surface area contributed by atoms with Gasteiger partial charge in [-0.05, 0) is 30.0 Å². The normalized spacial score (nSPS) is 13.2. The molecule has 4 nitrogen and oxygen atoms in total. The van der Waals surface area contributed by atoms with Gasteiger partial charge >= 0.3 is 5.63 Å². The fourth-order valence-electron chi connectivity index (χ4n) is 2.05. The minimum absolute atomic E-state index is 0.0446. The third-order valence-corrected chi connectivity index (χ3v) is 3.91. The summed E-state index contributed by atoms with van der Waals surface area (Å²) in [6, 6.07) is 6.83. The Kier molecular flexibility index (Phi) is 3.90. The van der Waals surface area contributed by atoms with Crippen molar-refractivity contribution in [2.75, 3.05) is 5.32 Å². The van der Waals surface area contributed by atoms with Gasteiger partial charge in [-0.1, -0.05) is 27.7 Å². The van der Waals surface area contributed by atoms with E-state index in [0.29, 0.717) is 11.3 Å². The molecule has 0 fully saturated rings. The van der Waals surface area contributed by atoms with E-state index in [-0.39, 0.29) is 22.9 Å². The number of hydrogen-bond donors (Lipinski definition) is 1. The highest BCUT2D eigenvalue weighted by atomic mass is 16.4. The van der Waals surface area contributed by atoms with Gasteiger partial charge in [-0.15, -0.1) is 0 Å². The van der Waals surface area contributed by atoms with E-state index in [4.69, 9.17) is 4.42 Å². The van der Waals surface area contributed by atoms with Crippen LogP contribution in [0, 0.1) is 18.3 Å². The van der Waals surface area contributed by atoms with Crippen LogP contribution in [-0.4, -0.2) is 5.91 Å². The Labute approximate surface area is 124 Å². The Morgan fingerprint density at radius 1 is 1.24 bits per heavy atom. The summed E-state index contributed by atoms with van der Waals surface area (Å²) in [6.45, 7) is 9.85. The summed E-state index contributed by atoms with van der Waals surface area (Å²) in [4.78, 5) is 23.6. The van der Waals surface area contributed by atoms with E-state index in [0.717, 1.165) is 10.9 Å². The van der Waals surface area contributed by atoms with E-state index in [9.17, 15) is 9.59 Å². The molecule has 0 aliphatic carbocycles. The lowest BCUT2D eigenvalue weighted by atomic mass is 9.81. The average Bonchev–Trinajstić information content (AvgIpc) is 2.35. The molecule has 0 saturated carbocycles. The molecule has 1 aromatic heterocycles. The van der Waals surface area contributed by atoms with Crippen LogP contribution in [0.25, 0.3) is 11.0 Å². The predicted molar refractivity (Wildman–Crippen MR) is 84.5 cm³/mol. The number of carbonyl (C=O) groups is 1. The van der Waals surface area contributed by atoms with Crippen molar-refractivity contribution in [2.45, 2.75) is 34.6 Å². The SMILES string of the molecule is Cc1cc(=O)oc2cc(NC(=O)C(C)C(C)(C)C)ccc12. The monoisotopic (exact) mass is 287 g/mol. The summed E-state index contributed by atoms with van der Waals surface area (Å²) < 4.78 is 5.19. The highest BCUT2D eigenvalue weighted by Crippen LogP contribution is 2.27. The second-order valence-electron chi connectivity index (χ2n) is 6.54. The summed E-state index contributed by atoms with van der Waals surface area (Å²) in [5.74, 6) is -0.172. The Hall–Kier alpha value is -2.10. The molecule has 0 saturated heterocycles. The smallest absolute Gasteiger partial charge is 0.336 e. The highest BCUT2D eigenvalue weighted by molar-refractivity contribution is 5.95. The topological polar surface area (TPSA) is 59.3 Å². The Morgan fingerprint density at radius 2 is 1.90 bits per heavy atom. The van der Waals surface area contributed by atoms with E-state index in [2.05, 4.69) is 5.32 Å². The maximum absolute atomic E-state index is 12.2. The van der Waals surface area contributed by atoms with Crippen LogP contribution in [0.5, 0.6) is 0 Å². The van der Waals surface area contributed by atoms with E-state index in [1.807, 2.05) is 46.8 Å². The summed E-state index contributed by atoms with van der Waals surface area (Å²) in [7, 11) is 0. The van der Waals surface area contributed by atoms with Crippen LogP contribution in [0.15, 0.2) is 33.5 Å². The maximum Gasteiger partial charge on any atom is 0.336 e. The molecule has 2 aromatic rings. The minimum atomic E-state index is -0.383. The van der Waals surface area contributed by atoms with Crippen LogP contribution >= 0.6 is 0 Å². The van der Waals surface area contributed by atoms with Crippen molar-refractivity contribution in [1.82, 2.24) is 0 Å². The molecule has 1 atom stereocenters. The third-order valence-electron chi connectivity index (χ3n) is 3.91. The van der Waals surface area contributed by atoms with Crippen LogP contribution in [0.3, 0.4) is 0 Å². The second-order valence-corrected chi connectivity index (χ2v) is 6.54. The summed E-state index contributed by atoms with van der Waals surface area (Å²) >= 11 is 0. The van der Waals surface area contributed by atoms with E-state index < -0.39 is 0 Å². The van der Waals surface area contributed by atoms with Gasteiger partial charge in [-0.3, -0.25) is 4.79 Å². The van der Waals surface area contributed by atoms with Gasteiger partial charge in [-0.2, -0.15) is 0 Å². The molecule has 1 unspecified atom stereocenters. The number of fused-ring (bicyclic) bond motifs is 1. The van der Waals surface area contributed by atoms with Gasteiger partial charge in [0.1, 0.15) is 5.58 Å². The molecule has 4 heteroatoms. The Morgan fingerprint density at radius 3 is 2.52 bits per heavy atom. The molecule has 1 N–H and O–H groups in total. The molecular formula is C17H21NO3. The number of amides is 1. The van der Waals surface area contributed by atoms with Crippen LogP contribution in [0.1, 0.15) is 33.3 Å². The first-order valence-electron chi connectivity index (χ1n) is 7.04. The minimum Gasteiger partial charge on any atom is -0.423 e. The lowest BCUT2D eigenvalue weighted by Crippen LogP contribution is -2.30. The largest absolute Gasteiger partial charge is 0.423 e. The van der Waals surface area contributed by atoms with Crippen molar-refractivity contribution >= 4 is 22.6 Å². The zero-order chi connectivity index (χ0) is 15.8. The lowest BCUT2D eigenvalue weighted by Gasteiger charge is -2.26. The predicted octanol–water partition coefficient (Wildman–Crippen LogP) is 3.72. The van der Waals surface area contributed by atoms with Gasteiger partial charge in [0, 0.05) is 29.1 Å². The number of aryl methyl sites for hydroxylation is 1. The fourth-order valence-corrected chi connectivity index (χ4v) is 2.05. The molecule has 112 valence electrons. The maximum atomic E-state index is 12.2. The molecule has 21 heavy (non-hydrogen) atoms. The molecule has 0 radical (unpaired) electrons. The molecule has 0 bridgehead atoms. The van der Waals surface area contributed by atoms with Crippen LogP contribution in [0.2, 0.25) is 0 Å². The quantitative estimate of drug-likeness (QED) is 0.856. The van der Waals surface area contributed by atoms with Gasteiger partial charge < -0.3 is 9.73 Å². The number of carbonyl (C=O) groups excluding carboxylic acids is 1. The van der Waals surface area contributed by atoms with Crippen molar-refractivity contribution in [1.29, 1.82) is 0 Å². The summed E-state index contributed by atoms with van der Waals surface area (Å²) in [5.41, 5.74) is 1.50. The lowest BCUT2D eigenvalue weighted by molar-refractivity contribution is -0.122. The molecule has 0 aliphatic rings. The first kappa shape index (κ1) is 15.3. The average molecular weight is 287 g/mol. The van der Waals surface area contributed by atoms with Crippen LogP contribution in [0.4, 0.5) is 5.69 Å². The van der Waals surface area contributed by atoms with Gasteiger partial charge in [0.25, 0.3) is 0 Å². The van der Waals surface area contributed by atoms with Crippen molar-refractivity contribution < 1.29 is 9.21 Å². The molecule has 0 spiro atoms. The molecule has 1 heterocycles. The molecular weight excluding hydrogens is 266 g/mol. The molecule has 1 aromatic carbocycles. The van der Waals surface area contributed by atoms with Gasteiger partial charge in [-0.25, -0.2) is 4.79 Å². The van der Waals surface area contributed by atoms with Crippen molar-refractivity contribution in [3.63, 3.8) is 0 Å². The number of benzene rings is 1. The number of hydrogen-bond acceptors (Lipinski definition) is 3.